The van der Waals surface area contributed by atoms with Gasteiger partial charge in [-0.2, -0.15) is 11.8 Å². The van der Waals surface area contributed by atoms with Gasteiger partial charge < -0.3 is 10.6 Å². The lowest BCUT2D eigenvalue weighted by Crippen LogP contribution is -2.46. The quantitative estimate of drug-likeness (QED) is 0.819. The number of hydrogen-bond donors (Lipinski definition) is 2. The summed E-state index contributed by atoms with van der Waals surface area (Å²) in [7, 11) is 0. The molecular weight excluding hydrogens is 272 g/mol. The van der Waals surface area contributed by atoms with Crippen LogP contribution in [-0.4, -0.2) is 35.4 Å². The van der Waals surface area contributed by atoms with E-state index < -0.39 is 5.41 Å². The molecule has 0 bridgehead atoms. The standard InChI is InChI=1S/C15H28N2O2S/c1-5-20-12-8-6-7-11(9-12)17-13(18)10-16-14(19)15(2,3)4/h11-12H,5-10H2,1-4H3,(H,16,19)(H,17,18). The van der Waals surface area contributed by atoms with Crippen molar-refractivity contribution in [3.8, 4) is 0 Å². The number of thioether (sulfide) groups is 1. The van der Waals surface area contributed by atoms with Crippen LogP contribution in [0.25, 0.3) is 0 Å². The molecule has 0 radical (unpaired) electrons. The molecule has 1 fully saturated rings. The van der Waals surface area contributed by atoms with E-state index in [9.17, 15) is 9.59 Å². The maximum Gasteiger partial charge on any atom is 0.239 e. The minimum absolute atomic E-state index is 0.0743. The zero-order chi connectivity index (χ0) is 15.2. The fourth-order valence-corrected chi connectivity index (χ4v) is 3.54. The molecule has 2 unspecified atom stereocenters. The maximum absolute atomic E-state index is 11.9. The molecule has 1 aliphatic rings. The minimum Gasteiger partial charge on any atom is -0.352 e. The third-order valence-electron chi connectivity index (χ3n) is 3.48. The monoisotopic (exact) mass is 300 g/mol. The van der Waals surface area contributed by atoms with Crippen LogP contribution in [0.3, 0.4) is 0 Å². The summed E-state index contributed by atoms with van der Waals surface area (Å²) in [6.07, 6.45) is 4.54. The summed E-state index contributed by atoms with van der Waals surface area (Å²) in [4.78, 5) is 23.6. The Bertz CT molecular complexity index is 337. The van der Waals surface area contributed by atoms with Crippen LogP contribution < -0.4 is 10.6 Å². The van der Waals surface area contributed by atoms with Gasteiger partial charge in [-0.05, 0) is 25.0 Å². The van der Waals surface area contributed by atoms with E-state index in [0.29, 0.717) is 5.25 Å². The van der Waals surface area contributed by atoms with Crippen molar-refractivity contribution in [2.45, 2.75) is 64.7 Å². The molecule has 2 atom stereocenters. The Morgan fingerprint density at radius 2 is 1.95 bits per heavy atom. The van der Waals surface area contributed by atoms with Crippen LogP contribution in [0.15, 0.2) is 0 Å². The van der Waals surface area contributed by atoms with Crippen molar-refractivity contribution in [3.63, 3.8) is 0 Å². The second kappa shape index (κ2) is 7.91. The molecule has 0 aromatic heterocycles. The van der Waals surface area contributed by atoms with Crippen LogP contribution in [0.1, 0.15) is 53.4 Å². The second-order valence-corrected chi connectivity index (χ2v) is 8.02. The molecule has 0 saturated heterocycles. The van der Waals surface area contributed by atoms with Gasteiger partial charge in [-0.15, -0.1) is 0 Å². The van der Waals surface area contributed by atoms with E-state index in [0.717, 1.165) is 18.6 Å². The van der Waals surface area contributed by atoms with Crippen molar-refractivity contribution in [3.05, 3.63) is 0 Å². The molecule has 20 heavy (non-hydrogen) atoms. The van der Waals surface area contributed by atoms with Gasteiger partial charge in [-0.3, -0.25) is 9.59 Å². The van der Waals surface area contributed by atoms with Crippen LogP contribution in [0.5, 0.6) is 0 Å². The van der Waals surface area contributed by atoms with Gasteiger partial charge in [-0.1, -0.05) is 34.1 Å². The van der Waals surface area contributed by atoms with Gasteiger partial charge in [0.1, 0.15) is 0 Å². The van der Waals surface area contributed by atoms with Gasteiger partial charge >= 0.3 is 0 Å². The lowest BCUT2D eigenvalue weighted by atomic mass is 9.95. The third kappa shape index (κ3) is 6.16. The lowest BCUT2D eigenvalue weighted by molar-refractivity contribution is -0.131. The average molecular weight is 300 g/mol. The maximum atomic E-state index is 11.9. The van der Waals surface area contributed by atoms with Crippen molar-refractivity contribution in [1.29, 1.82) is 0 Å². The summed E-state index contributed by atoms with van der Waals surface area (Å²) < 4.78 is 0. The lowest BCUT2D eigenvalue weighted by Gasteiger charge is -2.29. The average Bonchev–Trinajstić information content (AvgIpc) is 2.35. The molecular formula is C15H28N2O2S. The molecule has 1 saturated carbocycles. The van der Waals surface area contributed by atoms with E-state index in [1.54, 1.807) is 0 Å². The fourth-order valence-electron chi connectivity index (χ4n) is 2.37. The molecule has 0 spiro atoms. The Labute approximate surface area is 126 Å². The van der Waals surface area contributed by atoms with Gasteiger partial charge in [0.25, 0.3) is 0 Å². The number of amides is 2. The Hall–Kier alpha value is -0.710. The van der Waals surface area contributed by atoms with Crippen LogP contribution in [-0.2, 0) is 9.59 Å². The number of hydrogen-bond acceptors (Lipinski definition) is 3. The molecule has 0 aliphatic heterocycles. The van der Waals surface area contributed by atoms with E-state index >= 15 is 0 Å². The van der Waals surface area contributed by atoms with Gasteiger partial charge in [-0.25, -0.2) is 0 Å². The SMILES string of the molecule is CCSC1CCCC(NC(=O)CNC(=O)C(C)(C)C)C1. The highest BCUT2D eigenvalue weighted by atomic mass is 32.2. The van der Waals surface area contributed by atoms with Crippen molar-refractivity contribution < 1.29 is 9.59 Å². The Balaban J connectivity index is 2.30. The first-order chi connectivity index (χ1) is 9.32. The van der Waals surface area contributed by atoms with E-state index in [4.69, 9.17) is 0 Å². The van der Waals surface area contributed by atoms with Gasteiger partial charge in [0.15, 0.2) is 0 Å². The zero-order valence-electron chi connectivity index (χ0n) is 13.1. The van der Waals surface area contributed by atoms with Crippen LogP contribution >= 0.6 is 11.8 Å². The van der Waals surface area contributed by atoms with Crippen molar-refractivity contribution in [1.82, 2.24) is 10.6 Å². The first-order valence-corrected chi connectivity index (χ1v) is 8.57. The van der Waals surface area contributed by atoms with Gasteiger partial charge in [0.2, 0.25) is 11.8 Å². The smallest absolute Gasteiger partial charge is 0.239 e. The highest BCUT2D eigenvalue weighted by Crippen LogP contribution is 2.28. The fraction of sp³-hybridized carbons (Fsp3) is 0.867. The first kappa shape index (κ1) is 17.3. The number of nitrogens with one attached hydrogen (secondary N) is 2. The minimum atomic E-state index is -0.450. The highest BCUT2D eigenvalue weighted by Gasteiger charge is 2.24. The largest absolute Gasteiger partial charge is 0.352 e. The summed E-state index contributed by atoms with van der Waals surface area (Å²) in [6, 6.07) is 0.270. The highest BCUT2D eigenvalue weighted by molar-refractivity contribution is 7.99. The predicted octanol–water partition coefficient (Wildman–Crippen LogP) is 2.33. The molecule has 0 aromatic rings. The normalized spacial score (nSPS) is 23.2. The molecule has 0 heterocycles. The van der Waals surface area contributed by atoms with Gasteiger partial charge in [0, 0.05) is 16.7 Å². The Morgan fingerprint density at radius 1 is 1.25 bits per heavy atom. The first-order valence-electron chi connectivity index (χ1n) is 7.52. The second-order valence-electron chi connectivity index (χ2n) is 6.44. The van der Waals surface area contributed by atoms with Crippen molar-refractivity contribution in [2.24, 2.45) is 5.41 Å². The Kier molecular flexibility index (Phi) is 6.86. The topological polar surface area (TPSA) is 58.2 Å². The van der Waals surface area contributed by atoms with Crippen LogP contribution in [0.2, 0.25) is 0 Å². The van der Waals surface area contributed by atoms with Crippen LogP contribution in [0, 0.1) is 5.41 Å². The molecule has 1 rings (SSSR count). The zero-order valence-corrected chi connectivity index (χ0v) is 13.9. The molecule has 1 aliphatic carbocycles. The van der Waals surface area contributed by atoms with Crippen LogP contribution in [0.4, 0.5) is 0 Å². The summed E-state index contributed by atoms with van der Waals surface area (Å²) in [5.74, 6) is 0.970. The Morgan fingerprint density at radius 3 is 2.55 bits per heavy atom. The molecule has 4 nitrogen and oxygen atoms in total. The summed E-state index contributed by atoms with van der Waals surface area (Å²) in [5.41, 5.74) is -0.450. The van der Waals surface area contributed by atoms with Crippen molar-refractivity contribution >= 4 is 23.6 Å². The van der Waals surface area contributed by atoms with E-state index in [1.165, 1.54) is 12.8 Å². The molecule has 5 heteroatoms. The summed E-state index contributed by atoms with van der Waals surface area (Å²) in [6.45, 7) is 7.78. The van der Waals surface area contributed by atoms with Gasteiger partial charge in [0.05, 0.1) is 6.54 Å². The van der Waals surface area contributed by atoms with E-state index in [-0.39, 0.29) is 24.4 Å². The molecule has 0 aromatic carbocycles. The molecule has 116 valence electrons. The van der Waals surface area contributed by atoms with Crippen molar-refractivity contribution in [2.75, 3.05) is 12.3 Å². The number of carbonyl (C=O) groups is 2. The van der Waals surface area contributed by atoms with E-state index in [2.05, 4.69) is 17.6 Å². The summed E-state index contributed by atoms with van der Waals surface area (Å²) >= 11 is 1.98. The molecule has 2 amide bonds. The number of rotatable bonds is 5. The molecule has 2 N–H and O–H groups in total. The summed E-state index contributed by atoms with van der Waals surface area (Å²) in [5, 5.41) is 6.41. The van der Waals surface area contributed by atoms with E-state index in [1.807, 2.05) is 32.5 Å². The third-order valence-corrected chi connectivity index (χ3v) is 4.72. The number of carbonyl (C=O) groups excluding carboxylic acids is 2. The predicted molar refractivity (Wildman–Crippen MR) is 84.8 cm³/mol.